The Labute approximate surface area is 144 Å². The van der Waals surface area contributed by atoms with Gasteiger partial charge in [0.15, 0.2) is 0 Å². The van der Waals surface area contributed by atoms with Gasteiger partial charge >= 0.3 is 5.97 Å². The van der Waals surface area contributed by atoms with Crippen molar-refractivity contribution in [2.75, 3.05) is 6.54 Å². The van der Waals surface area contributed by atoms with E-state index >= 15 is 0 Å². The normalized spacial score (nSPS) is 11.7. The minimum atomic E-state index is -4.11. The van der Waals surface area contributed by atoms with Crippen LogP contribution in [0.5, 0.6) is 0 Å². The first-order chi connectivity index (χ1) is 11.7. The number of carboxylic acids is 1. The van der Waals surface area contributed by atoms with E-state index in [1.165, 1.54) is 31.2 Å². The number of sulfonamides is 1. The Bertz CT molecular complexity index is 884. The number of rotatable bonds is 7. The highest BCUT2D eigenvalue weighted by Gasteiger charge is 2.26. The van der Waals surface area contributed by atoms with Crippen LogP contribution in [0.3, 0.4) is 0 Å². The monoisotopic (exact) mass is 369 g/mol. The lowest BCUT2D eigenvalue weighted by Gasteiger charge is -2.22. The predicted octanol–water partition coefficient (Wildman–Crippen LogP) is 2.94. The van der Waals surface area contributed by atoms with Gasteiger partial charge in [-0.2, -0.15) is 4.31 Å². The van der Waals surface area contributed by atoms with Gasteiger partial charge in [0, 0.05) is 18.7 Å². The average Bonchev–Trinajstić information content (AvgIpc) is 2.55. The second-order valence-electron chi connectivity index (χ2n) is 5.48. The lowest BCUT2D eigenvalue weighted by molar-refractivity contribution is -0.137. The summed E-state index contributed by atoms with van der Waals surface area (Å²) in [7, 11) is -4.11. The number of aryl methyl sites for hydroxylation is 1. The number of hydrogen-bond acceptors (Lipinski definition) is 3. The molecular weight excluding hydrogens is 352 g/mol. The van der Waals surface area contributed by atoms with E-state index in [2.05, 4.69) is 0 Å². The number of aliphatic carboxylic acids is 1. The number of carbonyl (C=O) groups is 1. The van der Waals surface area contributed by atoms with Crippen LogP contribution < -0.4 is 0 Å². The minimum absolute atomic E-state index is 0.121. The molecule has 0 amide bonds. The van der Waals surface area contributed by atoms with Crippen molar-refractivity contribution in [3.8, 4) is 0 Å². The quantitative estimate of drug-likeness (QED) is 0.814. The number of carboxylic acid groups (broad SMARTS) is 1. The average molecular weight is 369 g/mol. The molecule has 25 heavy (non-hydrogen) atoms. The SMILES string of the molecule is Cc1cc(S(=O)(=O)N(CCC(=O)O)Cc2ccccc2F)ccc1F. The van der Waals surface area contributed by atoms with E-state index in [-0.39, 0.29) is 29.1 Å². The van der Waals surface area contributed by atoms with E-state index in [4.69, 9.17) is 5.11 Å². The summed E-state index contributed by atoms with van der Waals surface area (Å²) in [5.41, 5.74) is 0.264. The lowest BCUT2D eigenvalue weighted by atomic mass is 10.2. The van der Waals surface area contributed by atoms with Gasteiger partial charge < -0.3 is 5.11 Å². The van der Waals surface area contributed by atoms with Gasteiger partial charge in [-0.3, -0.25) is 4.79 Å². The Morgan fingerprint density at radius 2 is 1.80 bits per heavy atom. The number of nitrogens with zero attached hydrogens (tertiary/aromatic N) is 1. The maximum absolute atomic E-state index is 13.9. The van der Waals surface area contributed by atoms with Crippen LogP contribution >= 0.6 is 0 Å². The largest absolute Gasteiger partial charge is 0.481 e. The number of halogens is 2. The molecule has 0 heterocycles. The van der Waals surface area contributed by atoms with E-state index in [0.717, 1.165) is 16.4 Å². The molecule has 0 atom stereocenters. The zero-order valence-electron chi connectivity index (χ0n) is 13.4. The zero-order chi connectivity index (χ0) is 18.6. The Hall–Kier alpha value is -2.32. The lowest BCUT2D eigenvalue weighted by Crippen LogP contribution is -2.33. The highest BCUT2D eigenvalue weighted by atomic mass is 32.2. The smallest absolute Gasteiger partial charge is 0.304 e. The molecule has 0 aliphatic carbocycles. The van der Waals surface area contributed by atoms with E-state index in [1.807, 2.05) is 0 Å². The molecule has 0 unspecified atom stereocenters. The van der Waals surface area contributed by atoms with Crippen molar-refractivity contribution in [1.29, 1.82) is 0 Å². The first kappa shape index (κ1) is 19.0. The van der Waals surface area contributed by atoms with Gasteiger partial charge in [0.1, 0.15) is 11.6 Å². The number of hydrogen-bond donors (Lipinski definition) is 1. The molecule has 2 rings (SSSR count). The maximum atomic E-state index is 13.9. The van der Waals surface area contributed by atoms with Crippen LogP contribution in [0.1, 0.15) is 17.5 Å². The highest BCUT2D eigenvalue weighted by molar-refractivity contribution is 7.89. The third-order valence-corrected chi connectivity index (χ3v) is 5.49. The fraction of sp³-hybridized carbons (Fsp3) is 0.235. The molecule has 0 aromatic heterocycles. The van der Waals surface area contributed by atoms with E-state index in [1.54, 1.807) is 6.07 Å². The third kappa shape index (κ3) is 4.61. The summed E-state index contributed by atoms with van der Waals surface area (Å²) < 4.78 is 53.8. The molecule has 0 saturated carbocycles. The van der Waals surface area contributed by atoms with Crippen LogP contribution in [0.2, 0.25) is 0 Å². The summed E-state index contributed by atoms with van der Waals surface area (Å²) in [5, 5.41) is 8.85. The Morgan fingerprint density at radius 3 is 2.40 bits per heavy atom. The summed E-state index contributed by atoms with van der Waals surface area (Å²) in [5.74, 6) is -2.32. The van der Waals surface area contributed by atoms with Gasteiger partial charge in [-0.25, -0.2) is 17.2 Å². The molecule has 5 nitrogen and oxygen atoms in total. The van der Waals surface area contributed by atoms with Crippen molar-refractivity contribution >= 4 is 16.0 Å². The van der Waals surface area contributed by atoms with Gasteiger partial charge in [-0.05, 0) is 36.8 Å². The van der Waals surface area contributed by atoms with Crippen molar-refractivity contribution in [2.24, 2.45) is 0 Å². The summed E-state index contributed by atoms with van der Waals surface area (Å²) in [6, 6.07) is 8.95. The van der Waals surface area contributed by atoms with Crippen molar-refractivity contribution in [3.63, 3.8) is 0 Å². The molecule has 134 valence electrons. The first-order valence-corrected chi connectivity index (χ1v) is 8.87. The van der Waals surface area contributed by atoms with Crippen LogP contribution in [-0.4, -0.2) is 30.3 Å². The van der Waals surface area contributed by atoms with Gasteiger partial charge in [-0.15, -0.1) is 0 Å². The first-order valence-electron chi connectivity index (χ1n) is 7.43. The third-order valence-electron chi connectivity index (χ3n) is 3.65. The van der Waals surface area contributed by atoms with Crippen LogP contribution in [0.25, 0.3) is 0 Å². The summed E-state index contributed by atoms with van der Waals surface area (Å²) in [6.07, 6.45) is -0.437. The minimum Gasteiger partial charge on any atom is -0.481 e. The van der Waals surface area contributed by atoms with Crippen LogP contribution in [0, 0.1) is 18.6 Å². The molecule has 0 saturated heterocycles. The standard InChI is InChI=1S/C17H17F2NO4S/c1-12-10-14(6-7-15(12)18)25(23,24)20(9-8-17(21)22)11-13-4-2-3-5-16(13)19/h2-7,10H,8-9,11H2,1H3,(H,21,22). The maximum Gasteiger partial charge on any atom is 0.304 e. The summed E-state index contributed by atoms with van der Waals surface area (Å²) >= 11 is 0. The number of benzene rings is 2. The van der Waals surface area contributed by atoms with Crippen molar-refractivity contribution in [2.45, 2.75) is 24.8 Å². The Morgan fingerprint density at radius 1 is 1.12 bits per heavy atom. The van der Waals surface area contributed by atoms with E-state index in [9.17, 15) is 22.0 Å². The molecule has 8 heteroatoms. The highest BCUT2D eigenvalue weighted by Crippen LogP contribution is 2.22. The van der Waals surface area contributed by atoms with Crippen LogP contribution in [-0.2, 0) is 21.4 Å². The Kier molecular flexibility index (Phi) is 5.86. The topological polar surface area (TPSA) is 74.7 Å². The summed E-state index contributed by atoms with van der Waals surface area (Å²) in [4.78, 5) is 10.7. The van der Waals surface area contributed by atoms with Gasteiger partial charge in [-0.1, -0.05) is 18.2 Å². The Balaban J connectivity index is 2.40. The second-order valence-corrected chi connectivity index (χ2v) is 7.42. The van der Waals surface area contributed by atoms with Crippen molar-refractivity contribution in [1.82, 2.24) is 4.31 Å². The molecule has 0 aliphatic rings. The van der Waals surface area contributed by atoms with Crippen molar-refractivity contribution in [3.05, 3.63) is 65.2 Å². The van der Waals surface area contributed by atoms with Gasteiger partial charge in [0.2, 0.25) is 10.0 Å². The fourth-order valence-corrected chi connectivity index (χ4v) is 3.75. The fourth-order valence-electron chi connectivity index (χ4n) is 2.25. The van der Waals surface area contributed by atoms with Crippen molar-refractivity contribution < 1.29 is 27.1 Å². The second kappa shape index (κ2) is 7.71. The van der Waals surface area contributed by atoms with Crippen LogP contribution in [0.4, 0.5) is 8.78 Å². The molecule has 0 bridgehead atoms. The van der Waals surface area contributed by atoms with E-state index < -0.39 is 34.0 Å². The molecule has 0 fully saturated rings. The molecule has 2 aromatic rings. The summed E-state index contributed by atoms with van der Waals surface area (Å²) in [6.45, 7) is 0.772. The van der Waals surface area contributed by atoms with Gasteiger partial charge in [0.25, 0.3) is 0 Å². The predicted molar refractivity (Wildman–Crippen MR) is 87.4 cm³/mol. The zero-order valence-corrected chi connectivity index (χ0v) is 14.3. The molecule has 0 radical (unpaired) electrons. The molecule has 0 spiro atoms. The molecule has 2 aromatic carbocycles. The molecular formula is C17H17F2NO4S. The van der Waals surface area contributed by atoms with E-state index in [0.29, 0.717) is 0 Å². The molecule has 1 N–H and O–H groups in total. The van der Waals surface area contributed by atoms with Gasteiger partial charge in [0.05, 0.1) is 11.3 Å². The molecule has 0 aliphatic heterocycles. The van der Waals surface area contributed by atoms with Crippen LogP contribution in [0.15, 0.2) is 47.4 Å².